The van der Waals surface area contributed by atoms with Gasteiger partial charge in [-0.05, 0) is 30.6 Å². The van der Waals surface area contributed by atoms with Crippen molar-refractivity contribution in [2.24, 2.45) is 5.92 Å². The van der Waals surface area contributed by atoms with E-state index in [-0.39, 0.29) is 29.7 Å². The van der Waals surface area contributed by atoms with Crippen LogP contribution in [-0.2, 0) is 0 Å². The fourth-order valence-corrected chi connectivity index (χ4v) is 3.94. The predicted octanol–water partition coefficient (Wildman–Crippen LogP) is 1.63. The predicted molar refractivity (Wildman–Crippen MR) is 96.7 cm³/mol. The fourth-order valence-electron chi connectivity index (χ4n) is 2.88. The van der Waals surface area contributed by atoms with Crippen LogP contribution in [0.2, 0.25) is 5.15 Å². The van der Waals surface area contributed by atoms with Gasteiger partial charge in [-0.3, -0.25) is 0 Å². The smallest absolute Gasteiger partial charge is 0.223 e. The van der Waals surface area contributed by atoms with Gasteiger partial charge >= 0.3 is 0 Å². The Morgan fingerprint density at radius 2 is 2.21 bits per heavy atom. The molecule has 1 aromatic rings. The number of nitrogens with two attached hydrogens (primary N) is 1. The third-order valence-electron chi connectivity index (χ3n) is 4.15. The maximum Gasteiger partial charge on any atom is 0.223 e. The molecule has 0 bridgehead atoms. The minimum absolute atomic E-state index is 0.0508. The zero-order valence-electron chi connectivity index (χ0n) is 13.0. The summed E-state index contributed by atoms with van der Waals surface area (Å²) in [7, 11) is 0. The molecule has 2 heterocycles. The Bertz CT molecular complexity index is 716. The summed E-state index contributed by atoms with van der Waals surface area (Å²) in [5, 5.41) is 24.8. The van der Waals surface area contributed by atoms with Crippen LogP contribution in [0.25, 0.3) is 0 Å². The molecule has 0 radical (unpaired) electrons. The van der Waals surface area contributed by atoms with E-state index in [9.17, 15) is 10.2 Å². The number of aliphatic hydroxyl groups is 2. The molecular weight excluding hydrogens is 348 g/mol. The van der Waals surface area contributed by atoms with Crippen molar-refractivity contribution >= 4 is 35.1 Å². The number of allylic oxidation sites excluding steroid dienone is 1. The number of aliphatic hydroxyl groups excluding tert-OH is 2. The second kappa shape index (κ2) is 7.62. The molecule has 0 aromatic carbocycles. The van der Waals surface area contributed by atoms with Crippen LogP contribution in [0, 0.1) is 17.8 Å². The highest BCUT2D eigenvalue weighted by atomic mass is 35.5. The van der Waals surface area contributed by atoms with E-state index >= 15 is 0 Å². The standard InChI is InChI=1S/C16H19ClN4O2S/c17-14-11(2-1-9-3-4-24-8-9)15(21-16(18)20-14)19-12-5-10(7-22)6-13(12)23/h8,10,12-13,22-23H,3-7H2,(H3,18,19,20,21)/t10-,12+,13+/m0/s1. The van der Waals surface area contributed by atoms with Gasteiger partial charge in [0.2, 0.25) is 5.95 Å². The Balaban J connectivity index is 1.86. The Labute approximate surface area is 149 Å². The summed E-state index contributed by atoms with van der Waals surface area (Å²) in [6.07, 6.45) is 1.57. The molecular formula is C16H19ClN4O2S. The molecule has 2 aliphatic rings. The van der Waals surface area contributed by atoms with Crippen molar-refractivity contribution in [3.8, 4) is 11.8 Å². The first-order valence-corrected chi connectivity index (χ1v) is 9.20. The van der Waals surface area contributed by atoms with Gasteiger partial charge in [-0.1, -0.05) is 23.4 Å². The maximum absolute atomic E-state index is 10.2. The first-order valence-electron chi connectivity index (χ1n) is 7.78. The van der Waals surface area contributed by atoms with Crippen LogP contribution >= 0.6 is 23.4 Å². The van der Waals surface area contributed by atoms with Crippen molar-refractivity contribution in [3.63, 3.8) is 0 Å². The summed E-state index contributed by atoms with van der Waals surface area (Å²) < 4.78 is 0. The summed E-state index contributed by atoms with van der Waals surface area (Å²) in [4.78, 5) is 8.16. The number of hydrogen-bond donors (Lipinski definition) is 4. The minimum atomic E-state index is -0.563. The lowest BCUT2D eigenvalue weighted by Crippen LogP contribution is -2.29. The summed E-state index contributed by atoms with van der Waals surface area (Å²) in [6.45, 7) is 0.0559. The van der Waals surface area contributed by atoms with Crippen LogP contribution < -0.4 is 11.1 Å². The third kappa shape index (κ3) is 3.95. The Hall–Kier alpha value is -1.46. The average Bonchev–Trinajstić information content (AvgIpc) is 3.16. The van der Waals surface area contributed by atoms with E-state index in [0.29, 0.717) is 24.2 Å². The van der Waals surface area contributed by atoms with Crippen LogP contribution in [-0.4, -0.2) is 44.7 Å². The van der Waals surface area contributed by atoms with Gasteiger partial charge in [-0.25, -0.2) is 0 Å². The van der Waals surface area contributed by atoms with E-state index in [1.807, 2.05) is 5.41 Å². The van der Waals surface area contributed by atoms with E-state index in [1.165, 1.54) is 0 Å². The summed E-state index contributed by atoms with van der Waals surface area (Å²) in [5.74, 6) is 7.71. The number of aromatic nitrogens is 2. The molecule has 0 unspecified atom stereocenters. The van der Waals surface area contributed by atoms with Gasteiger partial charge in [0.1, 0.15) is 11.4 Å². The lowest BCUT2D eigenvalue weighted by molar-refractivity contribution is 0.157. The van der Waals surface area contributed by atoms with Gasteiger partial charge in [0.05, 0.1) is 12.1 Å². The number of rotatable bonds is 3. The number of nitrogens with zero attached hydrogens (tertiary/aromatic N) is 2. The molecule has 5 N–H and O–H groups in total. The molecule has 1 aliphatic heterocycles. The van der Waals surface area contributed by atoms with Gasteiger partial charge in [-0.2, -0.15) is 9.97 Å². The number of nitrogen functional groups attached to an aromatic ring is 1. The van der Waals surface area contributed by atoms with Crippen LogP contribution in [0.4, 0.5) is 11.8 Å². The van der Waals surface area contributed by atoms with E-state index in [2.05, 4.69) is 27.1 Å². The highest BCUT2D eigenvalue weighted by molar-refractivity contribution is 8.02. The van der Waals surface area contributed by atoms with Crippen molar-refractivity contribution in [2.45, 2.75) is 31.4 Å². The zero-order chi connectivity index (χ0) is 17.1. The number of hydrogen-bond acceptors (Lipinski definition) is 7. The van der Waals surface area contributed by atoms with Crippen molar-refractivity contribution in [2.75, 3.05) is 23.4 Å². The third-order valence-corrected chi connectivity index (χ3v) is 5.32. The molecule has 1 aliphatic carbocycles. The normalized spacial score (nSPS) is 26.0. The van der Waals surface area contributed by atoms with Gasteiger partial charge in [0.15, 0.2) is 5.15 Å². The second-order valence-corrected chi connectivity index (χ2v) is 7.28. The van der Waals surface area contributed by atoms with Gasteiger partial charge in [0.25, 0.3) is 0 Å². The van der Waals surface area contributed by atoms with Crippen molar-refractivity contribution in [1.29, 1.82) is 0 Å². The summed E-state index contributed by atoms with van der Waals surface area (Å²) in [6, 6.07) is -0.227. The van der Waals surface area contributed by atoms with Crippen LogP contribution in [0.3, 0.4) is 0 Å². The highest BCUT2D eigenvalue weighted by Gasteiger charge is 2.33. The van der Waals surface area contributed by atoms with Crippen LogP contribution in [0.5, 0.6) is 0 Å². The maximum atomic E-state index is 10.2. The van der Waals surface area contributed by atoms with E-state index in [1.54, 1.807) is 11.8 Å². The molecule has 0 amide bonds. The Morgan fingerprint density at radius 1 is 1.38 bits per heavy atom. The molecule has 6 nitrogen and oxygen atoms in total. The van der Waals surface area contributed by atoms with Crippen molar-refractivity contribution < 1.29 is 10.2 Å². The largest absolute Gasteiger partial charge is 0.396 e. The molecule has 1 fully saturated rings. The highest BCUT2D eigenvalue weighted by Crippen LogP contribution is 2.30. The SMILES string of the molecule is Nc1nc(Cl)c(C#CC2=CSCC2)c(N[C@@H]2C[C@H](CO)C[C@H]2O)n1. The Kier molecular flexibility index (Phi) is 5.51. The van der Waals surface area contributed by atoms with E-state index in [4.69, 9.17) is 17.3 Å². The molecule has 3 rings (SSSR count). The molecule has 0 saturated heterocycles. The molecule has 8 heteroatoms. The lowest BCUT2D eigenvalue weighted by Gasteiger charge is -2.18. The molecule has 128 valence electrons. The lowest BCUT2D eigenvalue weighted by atomic mass is 10.1. The van der Waals surface area contributed by atoms with E-state index in [0.717, 1.165) is 17.7 Å². The minimum Gasteiger partial charge on any atom is -0.396 e. The van der Waals surface area contributed by atoms with Gasteiger partial charge < -0.3 is 21.3 Å². The first-order chi connectivity index (χ1) is 11.6. The van der Waals surface area contributed by atoms with Gasteiger partial charge in [0, 0.05) is 17.9 Å². The number of thioether (sulfide) groups is 1. The zero-order valence-corrected chi connectivity index (χ0v) is 14.6. The first kappa shape index (κ1) is 17.4. The Morgan fingerprint density at radius 3 is 2.88 bits per heavy atom. The van der Waals surface area contributed by atoms with Crippen molar-refractivity contribution in [1.82, 2.24) is 9.97 Å². The second-order valence-electron chi connectivity index (χ2n) is 5.95. The molecule has 3 atom stereocenters. The number of halogens is 1. The van der Waals surface area contributed by atoms with E-state index < -0.39 is 6.10 Å². The summed E-state index contributed by atoms with van der Waals surface area (Å²) in [5.41, 5.74) is 7.23. The molecule has 24 heavy (non-hydrogen) atoms. The van der Waals surface area contributed by atoms with Crippen LogP contribution in [0.15, 0.2) is 11.0 Å². The summed E-state index contributed by atoms with van der Waals surface area (Å²) >= 11 is 7.93. The quantitative estimate of drug-likeness (QED) is 0.476. The topological polar surface area (TPSA) is 104 Å². The van der Waals surface area contributed by atoms with Gasteiger partial charge in [-0.15, -0.1) is 11.8 Å². The number of nitrogens with one attached hydrogen (secondary N) is 1. The average molecular weight is 367 g/mol. The number of anilines is 2. The fraction of sp³-hybridized carbons (Fsp3) is 0.500. The monoisotopic (exact) mass is 366 g/mol. The molecule has 1 aromatic heterocycles. The van der Waals surface area contributed by atoms with Crippen LogP contribution in [0.1, 0.15) is 24.8 Å². The molecule has 1 saturated carbocycles. The molecule has 0 spiro atoms. The van der Waals surface area contributed by atoms with Crippen molar-refractivity contribution in [3.05, 3.63) is 21.7 Å².